The summed E-state index contributed by atoms with van der Waals surface area (Å²) in [4.78, 5) is 11.7. The molecule has 1 amide bonds. The van der Waals surface area contributed by atoms with Gasteiger partial charge < -0.3 is 10.5 Å². The number of nitrogens with two attached hydrogens (primary N) is 1. The van der Waals surface area contributed by atoms with Crippen LogP contribution in [0.25, 0.3) is 0 Å². The molecule has 2 heterocycles. The number of nitrogen functional groups attached to an aromatic ring is 1. The van der Waals surface area contributed by atoms with Gasteiger partial charge in [-0.2, -0.15) is 5.10 Å². The molecule has 20 heavy (non-hydrogen) atoms. The third-order valence-electron chi connectivity index (χ3n) is 3.11. The van der Waals surface area contributed by atoms with E-state index < -0.39 is 11.7 Å². The molecule has 2 rings (SSSR count). The topological polar surface area (TPSA) is 85.4 Å². The molecular weight excluding hydrogens is 258 g/mol. The Morgan fingerprint density at radius 1 is 1.45 bits per heavy atom. The van der Waals surface area contributed by atoms with Crippen molar-refractivity contribution in [2.45, 2.75) is 45.3 Å². The Labute approximate surface area is 119 Å². The van der Waals surface area contributed by atoms with E-state index in [9.17, 15) is 4.79 Å². The number of nitrogens with one attached hydrogen (secondary N) is 1. The Morgan fingerprint density at radius 3 is 2.60 bits per heavy atom. The van der Waals surface area contributed by atoms with Crippen LogP contribution in [0.4, 0.5) is 10.5 Å². The van der Waals surface area contributed by atoms with Crippen LogP contribution in [0.2, 0.25) is 0 Å². The largest absolute Gasteiger partial charge is 0.443 e. The molecule has 1 fully saturated rings. The third-order valence-corrected chi connectivity index (χ3v) is 3.11. The van der Waals surface area contributed by atoms with Crippen molar-refractivity contribution in [2.24, 2.45) is 0 Å². The third kappa shape index (κ3) is 4.12. The number of piperidine rings is 1. The lowest BCUT2D eigenvalue weighted by atomic mass is 10.1. The highest BCUT2D eigenvalue weighted by molar-refractivity contribution is 5.67. The van der Waals surface area contributed by atoms with Crippen molar-refractivity contribution in [1.29, 1.82) is 0 Å². The molecule has 7 nitrogen and oxygen atoms in total. The molecule has 0 radical (unpaired) electrons. The number of hydrazine groups is 1. The van der Waals surface area contributed by atoms with Crippen molar-refractivity contribution in [3.63, 3.8) is 0 Å². The van der Waals surface area contributed by atoms with Gasteiger partial charge in [0.15, 0.2) is 0 Å². The van der Waals surface area contributed by atoms with Gasteiger partial charge in [0.2, 0.25) is 0 Å². The summed E-state index contributed by atoms with van der Waals surface area (Å²) in [5.74, 6) is 0. The molecule has 7 heteroatoms. The van der Waals surface area contributed by atoms with Crippen molar-refractivity contribution < 1.29 is 9.53 Å². The lowest BCUT2D eigenvalue weighted by molar-refractivity contribution is 0.0266. The van der Waals surface area contributed by atoms with Crippen LogP contribution in [0.3, 0.4) is 0 Å². The average molecular weight is 281 g/mol. The van der Waals surface area contributed by atoms with Crippen LogP contribution in [-0.2, 0) is 4.74 Å². The number of aromatic nitrogens is 2. The molecule has 1 aromatic heterocycles. The van der Waals surface area contributed by atoms with Crippen molar-refractivity contribution in [3.8, 4) is 0 Å². The minimum atomic E-state index is -0.477. The zero-order valence-corrected chi connectivity index (χ0v) is 12.3. The number of hydrogen-bond donors (Lipinski definition) is 2. The summed E-state index contributed by atoms with van der Waals surface area (Å²) in [6.07, 6.45) is 4.93. The van der Waals surface area contributed by atoms with Gasteiger partial charge in [0.1, 0.15) is 5.60 Å². The van der Waals surface area contributed by atoms with Gasteiger partial charge in [0, 0.05) is 19.3 Å². The average Bonchev–Trinajstić information content (AvgIpc) is 2.74. The van der Waals surface area contributed by atoms with Gasteiger partial charge in [-0.25, -0.2) is 9.80 Å². The van der Waals surface area contributed by atoms with Gasteiger partial charge in [-0.3, -0.25) is 10.1 Å². The van der Waals surface area contributed by atoms with E-state index in [4.69, 9.17) is 10.5 Å². The molecule has 0 saturated carbocycles. The summed E-state index contributed by atoms with van der Waals surface area (Å²) in [6.45, 7) is 7.08. The van der Waals surface area contributed by atoms with Crippen molar-refractivity contribution >= 4 is 11.8 Å². The van der Waals surface area contributed by atoms with E-state index in [1.54, 1.807) is 6.20 Å². The first kappa shape index (κ1) is 14.6. The molecule has 1 aromatic rings. The second-order valence-corrected chi connectivity index (χ2v) is 6.09. The molecule has 1 saturated heterocycles. The minimum Gasteiger partial charge on any atom is -0.443 e. The van der Waals surface area contributed by atoms with Crippen LogP contribution >= 0.6 is 0 Å². The quantitative estimate of drug-likeness (QED) is 0.859. The number of carbonyl (C=O) groups is 1. The molecule has 0 aliphatic carbocycles. The number of carbonyl (C=O) groups excluding carboxylic acids is 1. The second-order valence-electron chi connectivity index (χ2n) is 6.09. The van der Waals surface area contributed by atoms with Crippen LogP contribution < -0.4 is 11.2 Å². The molecule has 112 valence electrons. The fourth-order valence-corrected chi connectivity index (χ4v) is 2.22. The maximum Gasteiger partial charge on any atom is 0.422 e. The summed E-state index contributed by atoms with van der Waals surface area (Å²) in [5, 5.41) is 6.12. The van der Waals surface area contributed by atoms with Gasteiger partial charge in [-0.05, 0) is 33.6 Å². The van der Waals surface area contributed by atoms with E-state index in [2.05, 4.69) is 10.5 Å². The summed E-state index contributed by atoms with van der Waals surface area (Å²) in [7, 11) is 0. The maximum absolute atomic E-state index is 11.7. The van der Waals surface area contributed by atoms with Gasteiger partial charge in [-0.15, -0.1) is 0 Å². The van der Waals surface area contributed by atoms with Crippen LogP contribution in [0, 0.1) is 0 Å². The lowest BCUT2D eigenvalue weighted by Crippen LogP contribution is -2.48. The predicted octanol–water partition coefficient (Wildman–Crippen LogP) is 1.54. The van der Waals surface area contributed by atoms with Gasteiger partial charge in [0.25, 0.3) is 0 Å². The van der Waals surface area contributed by atoms with E-state index in [0.717, 1.165) is 25.9 Å². The zero-order valence-electron chi connectivity index (χ0n) is 12.3. The van der Waals surface area contributed by atoms with Gasteiger partial charge >= 0.3 is 6.09 Å². The zero-order chi connectivity index (χ0) is 14.8. The van der Waals surface area contributed by atoms with Crippen LogP contribution in [-0.4, -0.2) is 39.6 Å². The number of hydrogen-bond acceptors (Lipinski definition) is 5. The molecule has 0 aromatic carbocycles. The molecule has 1 aliphatic rings. The van der Waals surface area contributed by atoms with Crippen molar-refractivity contribution in [3.05, 3.63) is 12.4 Å². The Balaban J connectivity index is 1.78. The molecule has 0 atom stereocenters. The van der Waals surface area contributed by atoms with E-state index in [1.165, 1.54) is 0 Å². The first-order chi connectivity index (χ1) is 9.33. The highest BCUT2D eigenvalue weighted by atomic mass is 16.6. The number of ether oxygens (including phenoxy) is 1. The normalized spacial score (nSPS) is 17.9. The van der Waals surface area contributed by atoms with E-state index in [-0.39, 0.29) is 0 Å². The Bertz CT molecular complexity index is 458. The standard InChI is InChI=1S/C13H23N5O2/c1-13(2,3)20-12(19)16-17-6-4-11(5-7-17)18-9-10(14)8-15-18/h8-9,11H,4-7,14H2,1-3H3,(H,16,19). The van der Waals surface area contributed by atoms with E-state index in [0.29, 0.717) is 11.7 Å². The highest BCUT2D eigenvalue weighted by Crippen LogP contribution is 2.21. The van der Waals surface area contributed by atoms with Crippen LogP contribution in [0.1, 0.15) is 39.7 Å². The van der Waals surface area contributed by atoms with E-state index >= 15 is 0 Å². The second kappa shape index (κ2) is 5.70. The number of rotatable bonds is 2. The van der Waals surface area contributed by atoms with Crippen molar-refractivity contribution in [1.82, 2.24) is 20.2 Å². The highest BCUT2D eigenvalue weighted by Gasteiger charge is 2.24. The number of anilines is 1. The first-order valence-electron chi connectivity index (χ1n) is 6.88. The van der Waals surface area contributed by atoms with Crippen LogP contribution in [0.5, 0.6) is 0 Å². The molecule has 0 bridgehead atoms. The number of nitrogens with zero attached hydrogens (tertiary/aromatic N) is 3. The van der Waals surface area contributed by atoms with Crippen molar-refractivity contribution in [2.75, 3.05) is 18.8 Å². The minimum absolute atomic E-state index is 0.337. The maximum atomic E-state index is 11.7. The fraction of sp³-hybridized carbons (Fsp3) is 0.692. The van der Waals surface area contributed by atoms with E-state index in [1.807, 2.05) is 36.7 Å². The fourth-order valence-electron chi connectivity index (χ4n) is 2.22. The molecule has 3 N–H and O–H groups in total. The Kier molecular flexibility index (Phi) is 4.17. The Hall–Kier alpha value is -1.76. The van der Waals surface area contributed by atoms with Gasteiger partial charge in [0.05, 0.1) is 17.9 Å². The smallest absolute Gasteiger partial charge is 0.422 e. The number of amides is 1. The molecule has 0 spiro atoms. The SMILES string of the molecule is CC(C)(C)OC(=O)NN1CCC(n2cc(N)cn2)CC1. The Morgan fingerprint density at radius 2 is 2.10 bits per heavy atom. The molecule has 1 aliphatic heterocycles. The summed E-state index contributed by atoms with van der Waals surface area (Å²) in [5.41, 5.74) is 8.64. The summed E-state index contributed by atoms with van der Waals surface area (Å²) in [6, 6.07) is 0.337. The predicted molar refractivity (Wildman–Crippen MR) is 75.9 cm³/mol. The summed E-state index contributed by atoms with van der Waals surface area (Å²) < 4.78 is 7.13. The van der Waals surface area contributed by atoms with Gasteiger partial charge in [-0.1, -0.05) is 0 Å². The lowest BCUT2D eigenvalue weighted by Gasteiger charge is -2.32. The summed E-state index contributed by atoms with van der Waals surface area (Å²) >= 11 is 0. The first-order valence-corrected chi connectivity index (χ1v) is 6.88. The monoisotopic (exact) mass is 281 g/mol. The molecule has 0 unspecified atom stereocenters. The van der Waals surface area contributed by atoms with Crippen LogP contribution in [0.15, 0.2) is 12.4 Å². The molecular formula is C13H23N5O2.